The Morgan fingerprint density at radius 3 is 2.80 bits per heavy atom. The summed E-state index contributed by atoms with van der Waals surface area (Å²) in [5, 5.41) is 3.75. The van der Waals surface area contributed by atoms with Crippen molar-refractivity contribution in [2.75, 3.05) is 17.7 Å². The minimum Gasteiger partial charge on any atom is -0.462 e. The zero-order valence-corrected chi connectivity index (χ0v) is 11.8. The van der Waals surface area contributed by atoms with E-state index < -0.39 is 0 Å². The van der Waals surface area contributed by atoms with E-state index in [9.17, 15) is 4.79 Å². The van der Waals surface area contributed by atoms with Crippen molar-refractivity contribution in [1.29, 1.82) is 0 Å². The molecule has 0 amide bonds. The molecule has 0 aliphatic carbocycles. The zero-order chi connectivity index (χ0) is 14.5. The lowest BCUT2D eigenvalue weighted by Crippen LogP contribution is -2.06. The molecule has 5 heteroatoms. The molecular weight excluding hydrogens is 276 g/mol. The van der Waals surface area contributed by atoms with Crippen molar-refractivity contribution in [3.63, 3.8) is 0 Å². The SMILES string of the molecule is CCOC(=O)c1ccc(N)c(Nc2cccc(Cl)c2)c1. The van der Waals surface area contributed by atoms with Crippen LogP contribution in [0.3, 0.4) is 0 Å². The summed E-state index contributed by atoms with van der Waals surface area (Å²) in [6, 6.07) is 12.2. The van der Waals surface area contributed by atoms with E-state index in [4.69, 9.17) is 22.1 Å². The summed E-state index contributed by atoms with van der Waals surface area (Å²) in [5.74, 6) is -0.373. The van der Waals surface area contributed by atoms with E-state index in [0.29, 0.717) is 28.6 Å². The number of nitrogens with one attached hydrogen (secondary N) is 1. The summed E-state index contributed by atoms with van der Waals surface area (Å²) in [5.41, 5.74) is 8.32. The van der Waals surface area contributed by atoms with Gasteiger partial charge in [0, 0.05) is 10.7 Å². The first-order valence-electron chi connectivity index (χ1n) is 6.19. The van der Waals surface area contributed by atoms with Crippen LogP contribution in [0, 0.1) is 0 Å². The Kier molecular flexibility index (Phi) is 4.48. The maximum Gasteiger partial charge on any atom is 0.338 e. The molecule has 2 rings (SSSR count). The second kappa shape index (κ2) is 6.30. The van der Waals surface area contributed by atoms with Crippen molar-refractivity contribution < 1.29 is 9.53 Å². The van der Waals surface area contributed by atoms with Crippen LogP contribution in [0.2, 0.25) is 5.02 Å². The van der Waals surface area contributed by atoms with E-state index >= 15 is 0 Å². The van der Waals surface area contributed by atoms with Crippen LogP contribution in [0.15, 0.2) is 42.5 Å². The van der Waals surface area contributed by atoms with Gasteiger partial charge < -0.3 is 15.8 Å². The van der Waals surface area contributed by atoms with Gasteiger partial charge in [-0.3, -0.25) is 0 Å². The summed E-state index contributed by atoms with van der Waals surface area (Å²) in [6.45, 7) is 2.10. The van der Waals surface area contributed by atoms with Crippen molar-refractivity contribution >= 4 is 34.6 Å². The Bertz CT molecular complexity index is 629. The van der Waals surface area contributed by atoms with Crippen LogP contribution < -0.4 is 11.1 Å². The number of hydrogen-bond acceptors (Lipinski definition) is 4. The van der Waals surface area contributed by atoms with Gasteiger partial charge in [0.25, 0.3) is 0 Å². The van der Waals surface area contributed by atoms with E-state index in [-0.39, 0.29) is 5.97 Å². The predicted octanol–water partition coefficient (Wildman–Crippen LogP) is 3.84. The lowest BCUT2D eigenvalue weighted by atomic mass is 10.1. The number of carbonyl (C=O) groups is 1. The molecule has 0 unspecified atom stereocenters. The highest BCUT2D eigenvalue weighted by molar-refractivity contribution is 6.30. The number of rotatable bonds is 4. The van der Waals surface area contributed by atoms with Crippen LogP contribution in [0.25, 0.3) is 0 Å². The van der Waals surface area contributed by atoms with Gasteiger partial charge in [-0.15, -0.1) is 0 Å². The Hall–Kier alpha value is -2.20. The molecule has 0 heterocycles. The minimum atomic E-state index is -0.373. The average Bonchev–Trinajstić information content (AvgIpc) is 2.41. The van der Waals surface area contributed by atoms with Crippen molar-refractivity contribution in [2.45, 2.75) is 6.92 Å². The second-order valence-electron chi connectivity index (χ2n) is 4.16. The first kappa shape index (κ1) is 14.2. The predicted molar refractivity (Wildman–Crippen MR) is 81.5 cm³/mol. The van der Waals surface area contributed by atoms with Crippen molar-refractivity contribution in [2.24, 2.45) is 0 Å². The molecule has 0 aliphatic rings. The number of nitrogens with two attached hydrogens (primary N) is 1. The molecular formula is C15H15ClN2O2. The molecule has 0 saturated carbocycles. The molecule has 0 saturated heterocycles. The third-order valence-electron chi connectivity index (χ3n) is 2.67. The third kappa shape index (κ3) is 3.42. The first-order chi connectivity index (χ1) is 9.60. The van der Waals surface area contributed by atoms with Crippen LogP contribution in [0.5, 0.6) is 0 Å². The molecule has 0 fully saturated rings. The minimum absolute atomic E-state index is 0.334. The van der Waals surface area contributed by atoms with Gasteiger partial charge in [-0.1, -0.05) is 17.7 Å². The van der Waals surface area contributed by atoms with Crippen LogP contribution in [-0.2, 0) is 4.74 Å². The van der Waals surface area contributed by atoms with E-state index in [2.05, 4.69) is 5.32 Å². The molecule has 0 atom stereocenters. The van der Waals surface area contributed by atoms with Crippen LogP contribution in [-0.4, -0.2) is 12.6 Å². The fourth-order valence-electron chi connectivity index (χ4n) is 1.73. The van der Waals surface area contributed by atoms with Crippen molar-refractivity contribution in [3.8, 4) is 0 Å². The number of nitrogen functional groups attached to an aromatic ring is 1. The van der Waals surface area contributed by atoms with Gasteiger partial charge >= 0.3 is 5.97 Å². The van der Waals surface area contributed by atoms with Gasteiger partial charge in [0.2, 0.25) is 0 Å². The highest BCUT2D eigenvalue weighted by Gasteiger charge is 2.09. The second-order valence-corrected chi connectivity index (χ2v) is 4.59. The molecule has 2 aromatic rings. The van der Waals surface area contributed by atoms with Gasteiger partial charge in [-0.25, -0.2) is 4.79 Å². The molecule has 3 N–H and O–H groups in total. The van der Waals surface area contributed by atoms with E-state index in [0.717, 1.165) is 5.69 Å². The normalized spacial score (nSPS) is 10.1. The lowest BCUT2D eigenvalue weighted by molar-refractivity contribution is 0.0526. The first-order valence-corrected chi connectivity index (χ1v) is 6.57. The number of esters is 1. The van der Waals surface area contributed by atoms with Gasteiger partial charge in [0.15, 0.2) is 0 Å². The van der Waals surface area contributed by atoms with Crippen LogP contribution >= 0.6 is 11.6 Å². The summed E-state index contributed by atoms with van der Waals surface area (Å²) >= 11 is 5.93. The van der Waals surface area contributed by atoms with Gasteiger partial charge in [-0.2, -0.15) is 0 Å². The van der Waals surface area contributed by atoms with Crippen molar-refractivity contribution in [1.82, 2.24) is 0 Å². The molecule has 0 aromatic heterocycles. The Balaban J connectivity index is 2.27. The van der Waals surface area contributed by atoms with Crippen molar-refractivity contribution in [3.05, 3.63) is 53.1 Å². The van der Waals surface area contributed by atoms with E-state index in [1.807, 2.05) is 12.1 Å². The van der Waals surface area contributed by atoms with E-state index in [1.165, 1.54) is 0 Å². The standard InChI is InChI=1S/C15H15ClN2O2/c1-2-20-15(19)10-6-7-13(17)14(8-10)18-12-5-3-4-11(16)9-12/h3-9,18H,2,17H2,1H3. The number of ether oxygens (including phenoxy) is 1. The Morgan fingerprint density at radius 2 is 2.10 bits per heavy atom. The summed E-state index contributed by atoms with van der Waals surface area (Å²) < 4.78 is 4.96. The molecule has 0 radical (unpaired) electrons. The molecule has 0 spiro atoms. The highest BCUT2D eigenvalue weighted by Crippen LogP contribution is 2.26. The Labute approximate surface area is 122 Å². The highest BCUT2D eigenvalue weighted by atomic mass is 35.5. The van der Waals surface area contributed by atoms with Crippen LogP contribution in [0.1, 0.15) is 17.3 Å². The quantitative estimate of drug-likeness (QED) is 0.663. The fraction of sp³-hybridized carbons (Fsp3) is 0.133. The van der Waals surface area contributed by atoms with Gasteiger partial charge in [0.05, 0.1) is 23.5 Å². The number of anilines is 3. The number of halogens is 1. The largest absolute Gasteiger partial charge is 0.462 e. The maximum absolute atomic E-state index is 11.7. The van der Waals surface area contributed by atoms with E-state index in [1.54, 1.807) is 37.3 Å². The Morgan fingerprint density at radius 1 is 1.30 bits per heavy atom. The van der Waals surface area contributed by atoms with Crippen LogP contribution in [0.4, 0.5) is 17.1 Å². The topological polar surface area (TPSA) is 64.3 Å². The lowest BCUT2D eigenvalue weighted by Gasteiger charge is -2.11. The molecule has 0 bridgehead atoms. The molecule has 4 nitrogen and oxygen atoms in total. The van der Waals surface area contributed by atoms with Gasteiger partial charge in [0.1, 0.15) is 0 Å². The number of carbonyl (C=O) groups excluding carboxylic acids is 1. The summed E-state index contributed by atoms with van der Waals surface area (Å²) in [6.07, 6.45) is 0. The maximum atomic E-state index is 11.7. The summed E-state index contributed by atoms with van der Waals surface area (Å²) in [7, 11) is 0. The molecule has 20 heavy (non-hydrogen) atoms. The smallest absolute Gasteiger partial charge is 0.338 e. The average molecular weight is 291 g/mol. The van der Waals surface area contributed by atoms with Gasteiger partial charge in [-0.05, 0) is 43.3 Å². The zero-order valence-electron chi connectivity index (χ0n) is 11.0. The molecule has 2 aromatic carbocycles. The number of benzene rings is 2. The fourth-order valence-corrected chi connectivity index (χ4v) is 1.92. The third-order valence-corrected chi connectivity index (χ3v) is 2.90. The number of hydrogen-bond donors (Lipinski definition) is 2. The monoisotopic (exact) mass is 290 g/mol. The summed E-state index contributed by atoms with van der Waals surface area (Å²) in [4.78, 5) is 11.7. The molecule has 104 valence electrons. The molecule has 0 aliphatic heterocycles.